The molecule has 6 aliphatic rings. The van der Waals surface area contributed by atoms with Crippen molar-refractivity contribution >= 4 is 27.6 Å². The summed E-state index contributed by atoms with van der Waals surface area (Å²) < 4.78 is 44.2. The van der Waals surface area contributed by atoms with E-state index in [0.717, 1.165) is 92.4 Å². The topological polar surface area (TPSA) is 92.3 Å². The van der Waals surface area contributed by atoms with E-state index < -0.39 is 12.0 Å². The van der Waals surface area contributed by atoms with Crippen LogP contribution in [-0.2, 0) is 4.74 Å². The van der Waals surface area contributed by atoms with Crippen LogP contribution in [0.2, 0.25) is 0 Å². The summed E-state index contributed by atoms with van der Waals surface area (Å²) in [5.74, 6) is 1.30. The number of aromatic amines is 1. The molecule has 1 saturated carbocycles. The Labute approximate surface area is 260 Å². The van der Waals surface area contributed by atoms with E-state index in [4.69, 9.17) is 24.4 Å². The summed E-state index contributed by atoms with van der Waals surface area (Å²) in [5, 5.41) is 8.83. The number of nitrogens with one attached hydrogen (secondary N) is 1. The fourth-order valence-electron chi connectivity index (χ4n) is 8.89. The van der Waals surface area contributed by atoms with Crippen molar-refractivity contribution < 1.29 is 18.3 Å². The van der Waals surface area contributed by atoms with Crippen LogP contribution in [0.5, 0.6) is 6.01 Å². The SMILES string of the molecule is Cc1cc2[nH]ncc2c2c1C1C[C@H]1COCC[C@@H]1CCCN(C1)c1nc(OC[C@@]34CCCN3C[C@H](F)C4)nc3c(F)c-2ncc13. The van der Waals surface area contributed by atoms with Crippen molar-refractivity contribution in [2.45, 2.75) is 69.5 Å². The zero-order valence-electron chi connectivity index (χ0n) is 25.7. The molecule has 5 aliphatic heterocycles. The number of ether oxygens (including phenoxy) is 2. The van der Waals surface area contributed by atoms with E-state index in [9.17, 15) is 4.39 Å². The van der Waals surface area contributed by atoms with Gasteiger partial charge in [-0.15, -0.1) is 0 Å². The van der Waals surface area contributed by atoms with Crippen molar-refractivity contribution in [2.24, 2.45) is 11.8 Å². The average Bonchev–Trinajstić information content (AvgIpc) is 3.28. The highest BCUT2D eigenvalue weighted by atomic mass is 19.1. The standard InChI is InChI=1S/C34H39F2N7O2/c1-19-10-26-24(14-38-41-26)28-27(19)23-11-21(23)17-44-9-5-20-4-2-7-42(15-20)32-25-13-37-31(28)29(36)30(25)39-33(40-32)45-18-34-6-3-8-43(34)16-22(35)12-34/h10,13-14,20-23H,2-9,11-12,15-18H2,1H3,(H,38,41)/t20-,21-,22+,23?,34-/m0/s1. The van der Waals surface area contributed by atoms with Gasteiger partial charge in [0.25, 0.3) is 0 Å². The minimum absolute atomic E-state index is 0.142. The summed E-state index contributed by atoms with van der Waals surface area (Å²) in [6, 6.07) is 2.25. The number of piperidine rings is 1. The van der Waals surface area contributed by atoms with Gasteiger partial charge in [0.15, 0.2) is 5.82 Å². The Morgan fingerprint density at radius 2 is 2.07 bits per heavy atom. The molecular weight excluding hydrogens is 576 g/mol. The molecule has 1 aromatic carbocycles. The molecule has 0 spiro atoms. The van der Waals surface area contributed by atoms with Gasteiger partial charge in [-0.2, -0.15) is 15.1 Å². The lowest BCUT2D eigenvalue weighted by Crippen LogP contribution is -2.43. The van der Waals surface area contributed by atoms with Gasteiger partial charge in [-0.1, -0.05) is 0 Å². The normalized spacial score (nSPS) is 29.8. The van der Waals surface area contributed by atoms with Gasteiger partial charge >= 0.3 is 6.01 Å². The molecule has 10 rings (SSSR count). The quantitative estimate of drug-likeness (QED) is 0.314. The second-order valence-corrected chi connectivity index (χ2v) is 14.1. The molecule has 5 atom stereocenters. The lowest BCUT2D eigenvalue weighted by molar-refractivity contribution is 0.107. The lowest BCUT2D eigenvalue weighted by Gasteiger charge is -2.34. The Bertz CT molecular complexity index is 1800. The Balaban J connectivity index is 1.21. The molecule has 4 aromatic rings. The fourth-order valence-corrected chi connectivity index (χ4v) is 8.89. The predicted molar refractivity (Wildman–Crippen MR) is 167 cm³/mol. The number of alkyl halides is 1. The van der Waals surface area contributed by atoms with Crippen LogP contribution in [0.25, 0.3) is 33.1 Å². The number of hydrogen-bond acceptors (Lipinski definition) is 8. The minimum Gasteiger partial charge on any atom is -0.461 e. The van der Waals surface area contributed by atoms with Gasteiger partial charge in [0.2, 0.25) is 0 Å². The number of pyridine rings is 1. The van der Waals surface area contributed by atoms with E-state index in [1.54, 1.807) is 12.4 Å². The number of aromatic nitrogens is 5. The summed E-state index contributed by atoms with van der Waals surface area (Å²) in [7, 11) is 0. The molecule has 0 amide bonds. The van der Waals surface area contributed by atoms with Gasteiger partial charge in [-0.3, -0.25) is 15.0 Å². The summed E-state index contributed by atoms with van der Waals surface area (Å²) >= 11 is 0. The number of H-pyrrole nitrogens is 1. The smallest absolute Gasteiger partial charge is 0.319 e. The molecule has 9 nitrogen and oxygen atoms in total. The van der Waals surface area contributed by atoms with Gasteiger partial charge in [0, 0.05) is 56.4 Å². The minimum atomic E-state index is -0.858. The zero-order valence-corrected chi connectivity index (χ0v) is 25.7. The maximum Gasteiger partial charge on any atom is 0.319 e. The number of aryl methyl sites for hydroxylation is 1. The molecule has 6 bridgehead atoms. The van der Waals surface area contributed by atoms with Crippen LogP contribution in [0.3, 0.4) is 0 Å². The third-order valence-corrected chi connectivity index (χ3v) is 11.2. The highest BCUT2D eigenvalue weighted by molar-refractivity contribution is 6.00. The van der Waals surface area contributed by atoms with Crippen molar-refractivity contribution in [1.82, 2.24) is 30.0 Å². The van der Waals surface area contributed by atoms with Gasteiger partial charge in [-0.05, 0) is 86.9 Å². The Hall–Kier alpha value is -3.44. The second-order valence-electron chi connectivity index (χ2n) is 14.1. The molecule has 0 radical (unpaired) electrons. The molecular formula is C34H39F2N7O2. The summed E-state index contributed by atoms with van der Waals surface area (Å²) in [4.78, 5) is 18.9. The maximum absolute atomic E-state index is 17.1. The Kier molecular flexibility index (Phi) is 6.53. The van der Waals surface area contributed by atoms with Crippen LogP contribution in [0.4, 0.5) is 14.6 Å². The van der Waals surface area contributed by atoms with Gasteiger partial charge < -0.3 is 14.4 Å². The first-order chi connectivity index (χ1) is 22.0. The van der Waals surface area contributed by atoms with Crippen LogP contribution in [0.1, 0.15) is 62.0 Å². The number of anilines is 1. The van der Waals surface area contributed by atoms with Crippen LogP contribution >= 0.6 is 0 Å². The molecule has 11 heteroatoms. The first-order valence-corrected chi connectivity index (χ1v) is 16.7. The fraction of sp³-hybridized carbons (Fsp3) is 0.588. The second kappa shape index (κ2) is 10.6. The summed E-state index contributed by atoms with van der Waals surface area (Å²) in [6.45, 7) is 6.77. The monoisotopic (exact) mass is 615 g/mol. The van der Waals surface area contributed by atoms with E-state index in [-0.39, 0.29) is 28.7 Å². The summed E-state index contributed by atoms with van der Waals surface area (Å²) in [6.07, 6.45) is 9.14. The van der Waals surface area contributed by atoms with Gasteiger partial charge in [-0.25, -0.2) is 8.78 Å². The molecule has 45 heavy (non-hydrogen) atoms. The number of fused-ring (bicyclic) bond motifs is 6. The molecule has 236 valence electrons. The highest BCUT2D eigenvalue weighted by Crippen LogP contribution is 2.53. The van der Waals surface area contributed by atoms with Crippen LogP contribution in [-0.4, -0.2) is 87.8 Å². The number of hydrogen-bond donors (Lipinski definition) is 1. The number of halogens is 2. The highest BCUT2D eigenvalue weighted by Gasteiger charge is 2.49. The molecule has 1 unspecified atom stereocenters. The van der Waals surface area contributed by atoms with E-state index in [0.29, 0.717) is 49.2 Å². The lowest BCUT2D eigenvalue weighted by atomic mass is 9.91. The van der Waals surface area contributed by atoms with Crippen molar-refractivity contribution in [3.63, 3.8) is 0 Å². The van der Waals surface area contributed by atoms with E-state index >= 15 is 4.39 Å². The third kappa shape index (κ3) is 4.60. The predicted octanol–water partition coefficient (Wildman–Crippen LogP) is 5.71. The van der Waals surface area contributed by atoms with Crippen LogP contribution in [0, 0.1) is 24.6 Å². The van der Waals surface area contributed by atoms with E-state index in [1.165, 1.54) is 0 Å². The van der Waals surface area contributed by atoms with Crippen molar-refractivity contribution in [2.75, 3.05) is 50.9 Å². The third-order valence-electron chi connectivity index (χ3n) is 11.2. The van der Waals surface area contributed by atoms with Crippen LogP contribution < -0.4 is 9.64 Å². The van der Waals surface area contributed by atoms with Crippen LogP contribution in [0.15, 0.2) is 18.5 Å². The van der Waals surface area contributed by atoms with Gasteiger partial charge in [0.05, 0.1) is 22.6 Å². The molecule has 1 N–H and O–H groups in total. The first-order valence-electron chi connectivity index (χ1n) is 16.7. The van der Waals surface area contributed by atoms with Gasteiger partial charge in [0.1, 0.15) is 29.8 Å². The number of rotatable bonds is 3. The maximum atomic E-state index is 17.1. The number of benzene rings is 1. The summed E-state index contributed by atoms with van der Waals surface area (Å²) in [5.41, 5.74) is 3.97. The Morgan fingerprint density at radius 3 is 3.00 bits per heavy atom. The van der Waals surface area contributed by atoms with E-state index in [1.807, 2.05) is 0 Å². The van der Waals surface area contributed by atoms with Crippen molar-refractivity contribution in [1.29, 1.82) is 0 Å². The molecule has 3 saturated heterocycles. The molecule has 1 aliphatic carbocycles. The molecule has 3 aromatic heterocycles. The van der Waals surface area contributed by atoms with E-state index in [2.05, 4.69) is 33.0 Å². The Morgan fingerprint density at radius 1 is 1.13 bits per heavy atom. The first kappa shape index (κ1) is 27.8. The largest absolute Gasteiger partial charge is 0.461 e. The molecule has 8 heterocycles. The zero-order chi connectivity index (χ0) is 30.3. The van der Waals surface area contributed by atoms with Crippen molar-refractivity contribution in [3.05, 3.63) is 35.4 Å². The van der Waals surface area contributed by atoms with Crippen molar-refractivity contribution in [3.8, 4) is 17.3 Å². The number of nitrogens with zero attached hydrogens (tertiary/aromatic N) is 6. The molecule has 4 fully saturated rings. The average molecular weight is 616 g/mol.